The van der Waals surface area contributed by atoms with Gasteiger partial charge in [-0.1, -0.05) is 43.3 Å². The van der Waals surface area contributed by atoms with Crippen LogP contribution in [-0.4, -0.2) is 52.8 Å². The van der Waals surface area contributed by atoms with Crippen molar-refractivity contribution < 1.29 is 9.59 Å². The van der Waals surface area contributed by atoms with Crippen molar-refractivity contribution in [1.82, 2.24) is 20.1 Å². The van der Waals surface area contributed by atoms with Crippen LogP contribution >= 0.6 is 24.8 Å². The van der Waals surface area contributed by atoms with Crippen LogP contribution in [-0.2, 0) is 16.1 Å². The zero-order valence-corrected chi connectivity index (χ0v) is 24.7. The molecule has 2 amide bonds. The van der Waals surface area contributed by atoms with Crippen LogP contribution in [0, 0.1) is 17.3 Å². The third-order valence-corrected chi connectivity index (χ3v) is 9.15. The Morgan fingerprint density at radius 1 is 1.00 bits per heavy atom. The number of halogens is 2. The lowest BCUT2D eigenvalue weighted by Crippen LogP contribution is -2.45. The first-order valence-electron chi connectivity index (χ1n) is 14.3. The standard InChI is InChI=1S/C31H42N4O2.2ClH/c1-24-9-11-27(12-10-24)29(36)33-28(26-7-3-2-4-8-26)13-18-34-19-14-31(15-20-34)16-21-35(30(31)37)23-25-6-5-17-32-22-25;;/h2-8,17,22,24,27-28H,9-16,18-21,23H2,1H3,(H,33,36);2*1H. The molecule has 1 aromatic carbocycles. The predicted molar refractivity (Wildman–Crippen MR) is 160 cm³/mol. The first-order chi connectivity index (χ1) is 18.0. The number of benzene rings is 1. The molecule has 0 radical (unpaired) electrons. The van der Waals surface area contributed by atoms with Crippen molar-refractivity contribution in [3.05, 3.63) is 66.0 Å². The Hall–Kier alpha value is -2.15. The Morgan fingerprint density at radius 3 is 2.36 bits per heavy atom. The molecule has 1 atom stereocenters. The Morgan fingerprint density at radius 2 is 1.69 bits per heavy atom. The molecule has 1 aromatic heterocycles. The van der Waals surface area contributed by atoms with Gasteiger partial charge in [0.2, 0.25) is 11.8 Å². The second-order valence-corrected chi connectivity index (χ2v) is 11.7. The lowest BCUT2D eigenvalue weighted by atomic mass is 9.77. The molecule has 3 fully saturated rings. The molecule has 0 bridgehead atoms. The van der Waals surface area contributed by atoms with E-state index in [2.05, 4.69) is 46.4 Å². The number of nitrogens with one attached hydrogen (secondary N) is 1. The van der Waals surface area contributed by atoms with Crippen molar-refractivity contribution in [2.45, 2.75) is 70.9 Å². The van der Waals surface area contributed by atoms with E-state index in [1.807, 2.05) is 29.3 Å². The molecule has 39 heavy (non-hydrogen) atoms. The smallest absolute Gasteiger partial charge is 0.229 e. The number of amides is 2. The zero-order chi connectivity index (χ0) is 25.7. The molecule has 2 aliphatic heterocycles. The van der Waals surface area contributed by atoms with Crippen LogP contribution in [0.1, 0.15) is 75.5 Å². The average molecular weight is 576 g/mol. The summed E-state index contributed by atoms with van der Waals surface area (Å²) in [4.78, 5) is 35.2. The van der Waals surface area contributed by atoms with Crippen molar-refractivity contribution in [2.75, 3.05) is 26.2 Å². The number of aromatic nitrogens is 1. The van der Waals surface area contributed by atoms with Crippen molar-refractivity contribution in [3.8, 4) is 0 Å². The highest BCUT2D eigenvalue weighted by Gasteiger charge is 2.47. The molecule has 2 saturated heterocycles. The third-order valence-electron chi connectivity index (χ3n) is 9.15. The molecule has 5 rings (SSSR count). The first kappa shape index (κ1) is 31.4. The minimum atomic E-state index is -0.191. The number of nitrogens with zero attached hydrogens (tertiary/aromatic N) is 3. The minimum Gasteiger partial charge on any atom is -0.349 e. The Kier molecular flexibility index (Phi) is 11.6. The summed E-state index contributed by atoms with van der Waals surface area (Å²) in [6.45, 7) is 6.63. The molecule has 1 saturated carbocycles. The molecular formula is C31H44Cl2N4O2. The summed E-state index contributed by atoms with van der Waals surface area (Å²) in [6, 6.07) is 14.4. The van der Waals surface area contributed by atoms with Gasteiger partial charge in [-0.3, -0.25) is 14.6 Å². The molecule has 3 heterocycles. The fourth-order valence-electron chi connectivity index (χ4n) is 6.56. The molecule has 1 aliphatic carbocycles. The summed E-state index contributed by atoms with van der Waals surface area (Å²) in [6.07, 6.45) is 11.7. The molecule has 2 aromatic rings. The molecule has 214 valence electrons. The number of rotatable bonds is 8. The SMILES string of the molecule is CC1CCC(C(=O)NC(CCN2CCC3(CC2)CCN(Cc2cccnc2)C3=O)c2ccccc2)CC1.Cl.Cl. The third kappa shape index (κ3) is 7.74. The monoisotopic (exact) mass is 574 g/mol. The van der Waals surface area contributed by atoms with E-state index in [1.54, 1.807) is 6.20 Å². The number of hydrogen-bond acceptors (Lipinski definition) is 4. The quantitative estimate of drug-likeness (QED) is 0.431. The molecule has 1 N–H and O–H groups in total. The van der Waals surface area contributed by atoms with E-state index < -0.39 is 0 Å². The molecule has 6 nitrogen and oxygen atoms in total. The summed E-state index contributed by atoms with van der Waals surface area (Å²) in [5.74, 6) is 1.45. The van der Waals surface area contributed by atoms with Gasteiger partial charge in [0.25, 0.3) is 0 Å². The summed E-state index contributed by atoms with van der Waals surface area (Å²) < 4.78 is 0. The number of hydrogen-bond donors (Lipinski definition) is 1. The van der Waals surface area contributed by atoms with E-state index in [0.717, 1.165) is 89.0 Å². The van der Waals surface area contributed by atoms with Crippen LogP contribution in [0.25, 0.3) is 0 Å². The normalized spacial score (nSPS) is 23.5. The Bertz CT molecular complexity index is 1040. The highest BCUT2D eigenvalue weighted by atomic mass is 35.5. The number of pyridine rings is 1. The number of likely N-dealkylation sites (tertiary alicyclic amines) is 2. The van der Waals surface area contributed by atoms with Gasteiger partial charge in [0, 0.05) is 37.9 Å². The topological polar surface area (TPSA) is 65.5 Å². The lowest BCUT2D eigenvalue weighted by molar-refractivity contribution is -0.139. The van der Waals surface area contributed by atoms with Crippen molar-refractivity contribution in [1.29, 1.82) is 0 Å². The van der Waals surface area contributed by atoms with Crippen LogP contribution in [0.4, 0.5) is 0 Å². The van der Waals surface area contributed by atoms with Gasteiger partial charge in [-0.25, -0.2) is 0 Å². The molecular weight excluding hydrogens is 531 g/mol. The number of carbonyl (C=O) groups excluding carboxylic acids is 2. The van der Waals surface area contributed by atoms with Crippen LogP contribution in [0.2, 0.25) is 0 Å². The highest BCUT2D eigenvalue weighted by molar-refractivity contribution is 5.86. The van der Waals surface area contributed by atoms with Crippen LogP contribution in [0.3, 0.4) is 0 Å². The molecule has 8 heteroatoms. The van der Waals surface area contributed by atoms with Gasteiger partial charge in [0.05, 0.1) is 11.5 Å². The molecule has 1 spiro atoms. The molecule has 1 unspecified atom stereocenters. The second kappa shape index (κ2) is 14.5. The van der Waals surface area contributed by atoms with Crippen LogP contribution in [0.5, 0.6) is 0 Å². The van der Waals surface area contributed by atoms with E-state index in [9.17, 15) is 9.59 Å². The fraction of sp³-hybridized carbons (Fsp3) is 0.581. The maximum absolute atomic E-state index is 13.4. The average Bonchev–Trinajstić information content (AvgIpc) is 3.23. The lowest BCUT2D eigenvalue weighted by Gasteiger charge is -2.38. The first-order valence-corrected chi connectivity index (χ1v) is 14.3. The zero-order valence-electron chi connectivity index (χ0n) is 23.1. The summed E-state index contributed by atoms with van der Waals surface area (Å²) in [5.41, 5.74) is 2.09. The van der Waals surface area contributed by atoms with E-state index in [-0.39, 0.29) is 48.1 Å². The summed E-state index contributed by atoms with van der Waals surface area (Å²) >= 11 is 0. The maximum atomic E-state index is 13.4. The predicted octanol–water partition coefficient (Wildman–Crippen LogP) is 5.81. The minimum absolute atomic E-state index is 0. The maximum Gasteiger partial charge on any atom is 0.229 e. The van der Waals surface area contributed by atoms with E-state index >= 15 is 0 Å². The van der Waals surface area contributed by atoms with Crippen LogP contribution < -0.4 is 5.32 Å². The van der Waals surface area contributed by atoms with Gasteiger partial charge in [-0.15, -0.1) is 24.8 Å². The summed E-state index contributed by atoms with van der Waals surface area (Å²) in [7, 11) is 0. The Balaban J connectivity index is 0.00000210. The van der Waals surface area contributed by atoms with Crippen molar-refractivity contribution in [2.24, 2.45) is 17.3 Å². The largest absolute Gasteiger partial charge is 0.349 e. The fourth-order valence-corrected chi connectivity index (χ4v) is 6.56. The van der Waals surface area contributed by atoms with E-state index in [0.29, 0.717) is 12.5 Å². The van der Waals surface area contributed by atoms with Crippen molar-refractivity contribution in [3.63, 3.8) is 0 Å². The summed E-state index contributed by atoms with van der Waals surface area (Å²) in [5, 5.41) is 3.41. The van der Waals surface area contributed by atoms with Crippen LogP contribution in [0.15, 0.2) is 54.9 Å². The van der Waals surface area contributed by atoms with Crippen molar-refractivity contribution >= 4 is 36.6 Å². The van der Waals surface area contributed by atoms with Gasteiger partial charge in [0.15, 0.2) is 0 Å². The van der Waals surface area contributed by atoms with Gasteiger partial charge < -0.3 is 15.1 Å². The van der Waals surface area contributed by atoms with E-state index in [1.165, 1.54) is 5.56 Å². The van der Waals surface area contributed by atoms with E-state index in [4.69, 9.17) is 0 Å². The highest BCUT2D eigenvalue weighted by Crippen LogP contribution is 2.42. The number of piperidine rings is 1. The van der Waals surface area contributed by atoms with Gasteiger partial charge in [0.1, 0.15) is 0 Å². The molecule has 3 aliphatic rings. The number of carbonyl (C=O) groups is 2. The van der Waals surface area contributed by atoms with Gasteiger partial charge in [-0.05, 0) is 87.6 Å². The van der Waals surface area contributed by atoms with Gasteiger partial charge >= 0.3 is 0 Å². The second-order valence-electron chi connectivity index (χ2n) is 11.7. The Labute approximate surface area is 246 Å². The van der Waals surface area contributed by atoms with Gasteiger partial charge in [-0.2, -0.15) is 0 Å².